The summed E-state index contributed by atoms with van der Waals surface area (Å²) in [6.07, 6.45) is 32.4. The van der Waals surface area contributed by atoms with Crippen LogP contribution in [0.1, 0.15) is 85.3 Å². The van der Waals surface area contributed by atoms with Crippen LogP contribution in [0.5, 0.6) is 0 Å². The Hall–Kier alpha value is -5.55. The van der Waals surface area contributed by atoms with Crippen LogP contribution >= 0.6 is 11.6 Å². The van der Waals surface area contributed by atoms with Crippen LogP contribution in [0.15, 0.2) is 133 Å². The van der Waals surface area contributed by atoms with E-state index >= 15 is 0 Å². The van der Waals surface area contributed by atoms with Crippen LogP contribution in [0, 0.1) is 11.6 Å². The maximum Gasteiger partial charge on any atom is 0.251 e. The molecule has 0 saturated heterocycles. The largest absolute Gasteiger partial charge is 0.351 e. The van der Waals surface area contributed by atoms with Crippen molar-refractivity contribution >= 4 is 34.9 Å². The summed E-state index contributed by atoms with van der Waals surface area (Å²) in [6, 6.07) is 15.9. The van der Waals surface area contributed by atoms with Crippen LogP contribution in [0.2, 0.25) is 5.02 Å². The molecule has 2 heterocycles. The van der Waals surface area contributed by atoms with Crippen molar-refractivity contribution in [2.24, 2.45) is 4.99 Å². The molecule has 0 radical (unpaired) electrons. The summed E-state index contributed by atoms with van der Waals surface area (Å²) in [5.74, 6) is -1.26. The van der Waals surface area contributed by atoms with Gasteiger partial charge in [0.15, 0.2) is 0 Å². The van der Waals surface area contributed by atoms with E-state index in [1.807, 2.05) is 0 Å². The molecule has 0 bridgehead atoms. The number of rotatable bonds is 24. The Morgan fingerprint density at radius 1 is 0.787 bits per heavy atom. The zero-order valence-corrected chi connectivity index (χ0v) is 36.1. The fourth-order valence-corrected chi connectivity index (χ4v) is 6.78. The van der Waals surface area contributed by atoms with Gasteiger partial charge in [-0.25, -0.2) is 18.7 Å². The Labute approximate surface area is 365 Å². The number of aliphatic imine (C=N–C) groups is 1. The lowest BCUT2D eigenvalue weighted by atomic mass is 9.95. The van der Waals surface area contributed by atoms with Gasteiger partial charge < -0.3 is 20.9 Å². The Morgan fingerprint density at radius 3 is 2.13 bits per heavy atom. The monoisotopic (exact) mass is 845 g/mol. The first-order valence-electron chi connectivity index (χ1n) is 21.3. The molecule has 4 aromatic rings. The molecular weight excluding hydrogens is 788 g/mol. The number of unbranched alkanes of at least 4 members (excludes halogenated alkanes) is 2. The van der Waals surface area contributed by atoms with Crippen molar-refractivity contribution in [3.63, 3.8) is 0 Å². The molecule has 0 unspecified atom stereocenters. The number of hydrogen-bond acceptors (Lipinski definition) is 7. The highest BCUT2D eigenvalue weighted by Crippen LogP contribution is 2.35. The van der Waals surface area contributed by atoms with Gasteiger partial charge in [-0.05, 0) is 113 Å². The molecule has 61 heavy (non-hydrogen) atoms. The SMILES string of the molecule is CC/C=C\CC=CCC=CC/C=C\C/C=C\CCCCNCCN(C)CCNC(=O)c1ccc(Nc2ncc3c(n2)-c2ccc(Cl)cc2C(c2c(F)cccc2F)=NC3)cc1. The smallest absolute Gasteiger partial charge is 0.251 e. The first-order valence-corrected chi connectivity index (χ1v) is 21.7. The van der Waals surface area contributed by atoms with E-state index in [4.69, 9.17) is 16.6 Å². The predicted molar refractivity (Wildman–Crippen MR) is 249 cm³/mol. The van der Waals surface area contributed by atoms with Crippen molar-refractivity contribution in [2.75, 3.05) is 45.1 Å². The number of allylic oxidation sites excluding steroid dienone is 10. The van der Waals surface area contributed by atoms with Gasteiger partial charge >= 0.3 is 0 Å². The van der Waals surface area contributed by atoms with Crippen molar-refractivity contribution in [3.05, 3.63) is 167 Å². The van der Waals surface area contributed by atoms with Crippen LogP contribution in [0.3, 0.4) is 0 Å². The van der Waals surface area contributed by atoms with Crippen molar-refractivity contribution in [2.45, 2.75) is 64.8 Å². The van der Waals surface area contributed by atoms with Crippen LogP contribution < -0.4 is 16.0 Å². The molecule has 0 saturated carbocycles. The van der Waals surface area contributed by atoms with E-state index in [0.717, 1.165) is 71.1 Å². The molecule has 3 aromatic carbocycles. The van der Waals surface area contributed by atoms with Crippen molar-refractivity contribution in [1.82, 2.24) is 25.5 Å². The van der Waals surface area contributed by atoms with Gasteiger partial charge in [-0.15, -0.1) is 0 Å². The zero-order valence-electron chi connectivity index (χ0n) is 35.4. The molecule has 1 aliphatic heterocycles. The number of anilines is 2. The molecule has 5 rings (SSSR count). The number of carbonyl (C=O) groups is 1. The normalized spacial score (nSPS) is 12.9. The zero-order chi connectivity index (χ0) is 43.1. The number of halogens is 3. The van der Waals surface area contributed by atoms with Crippen molar-refractivity contribution in [1.29, 1.82) is 0 Å². The molecule has 8 nitrogen and oxygen atoms in total. The highest BCUT2D eigenvalue weighted by Gasteiger charge is 2.25. The van der Waals surface area contributed by atoms with E-state index in [2.05, 4.69) is 106 Å². The third-order valence-electron chi connectivity index (χ3n) is 9.95. The lowest BCUT2D eigenvalue weighted by Crippen LogP contribution is -2.36. The topological polar surface area (TPSA) is 94.5 Å². The average molecular weight is 847 g/mol. The standard InChI is InChI=1S/C50H58ClF2N7O/c1-3-4-5-6-7-8-9-10-11-12-13-14-15-16-17-18-19-20-30-54-31-33-60(2)34-32-55-49(61)38-24-27-41(28-25-38)58-50-57-37-39-36-56-48(46-44(52)22-21-23-45(46)53)43-35-40(51)26-29-42(43)47(39)59-50/h4-5,7-8,10-11,13-14,16-17,21-29,35,37,54H,3,6,9,12,15,18-20,30-34,36H2,1-2H3,(H,55,61)(H,57,58,59)/b5-4-,8-7?,11-10?,14-13-,17-16-. The second-order valence-corrected chi connectivity index (χ2v) is 15.2. The van der Waals surface area contributed by atoms with Gasteiger partial charge in [0.1, 0.15) is 11.6 Å². The summed E-state index contributed by atoms with van der Waals surface area (Å²) in [4.78, 5) is 28.9. The average Bonchev–Trinajstić information content (AvgIpc) is 3.40. The minimum Gasteiger partial charge on any atom is -0.351 e. The lowest BCUT2D eigenvalue weighted by Gasteiger charge is -2.17. The summed E-state index contributed by atoms with van der Waals surface area (Å²) in [6.45, 7) is 6.34. The van der Waals surface area contributed by atoms with Crippen LogP contribution in [-0.4, -0.2) is 66.3 Å². The van der Waals surface area contributed by atoms with E-state index in [0.29, 0.717) is 51.2 Å². The van der Waals surface area contributed by atoms with Gasteiger partial charge in [0, 0.05) is 65.3 Å². The maximum atomic E-state index is 14.9. The highest BCUT2D eigenvalue weighted by atomic mass is 35.5. The third-order valence-corrected chi connectivity index (χ3v) is 10.2. The molecular formula is C50H58ClF2N7O. The molecule has 0 spiro atoms. The van der Waals surface area contributed by atoms with Gasteiger partial charge in [0.2, 0.25) is 5.95 Å². The summed E-state index contributed by atoms with van der Waals surface area (Å²) in [7, 11) is 2.06. The molecule has 1 amide bonds. The minimum atomic E-state index is -0.716. The molecule has 320 valence electrons. The Kier molecular flexibility index (Phi) is 19.8. The number of nitrogens with one attached hydrogen (secondary N) is 3. The van der Waals surface area contributed by atoms with Gasteiger partial charge in [-0.3, -0.25) is 9.79 Å². The van der Waals surface area contributed by atoms with Gasteiger partial charge in [-0.1, -0.05) is 91.4 Å². The molecule has 0 fully saturated rings. The first kappa shape index (κ1) is 46.5. The van der Waals surface area contributed by atoms with Gasteiger partial charge in [0.05, 0.1) is 23.5 Å². The number of hydrogen-bond donors (Lipinski definition) is 3. The number of likely N-dealkylation sites (N-methyl/N-ethyl adjacent to an activating group) is 1. The van der Waals surface area contributed by atoms with E-state index in [9.17, 15) is 13.6 Å². The van der Waals surface area contributed by atoms with E-state index in [1.54, 1.807) is 48.7 Å². The minimum absolute atomic E-state index is 0.120. The van der Waals surface area contributed by atoms with Crippen molar-refractivity contribution in [3.8, 4) is 11.3 Å². The Balaban J connectivity index is 0.955. The quantitative estimate of drug-likeness (QED) is 0.0480. The predicted octanol–water partition coefficient (Wildman–Crippen LogP) is 11.3. The fraction of sp³-hybridized carbons (Fsp3) is 0.320. The van der Waals surface area contributed by atoms with Crippen LogP contribution in [-0.2, 0) is 6.54 Å². The number of benzene rings is 3. The van der Waals surface area contributed by atoms with Crippen LogP contribution in [0.25, 0.3) is 11.3 Å². The van der Waals surface area contributed by atoms with Gasteiger partial charge in [-0.2, -0.15) is 0 Å². The molecule has 0 atom stereocenters. The van der Waals surface area contributed by atoms with Crippen molar-refractivity contribution < 1.29 is 13.6 Å². The van der Waals surface area contributed by atoms with E-state index < -0.39 is 11.6 Å². The Morgan fingerprint density at radius 2 is 1.44 bits per heavy atom. The number of amides is 1. The second-order valence-electron chi connectivity index (χ2n) is 14.7. The highest BCUT2D eigenvalue weighted by molar-refractivity contribution is 6.31. The summed E-state index contributed by atoms with van der Waals surface area (Å²) in [5, 5.41) is 10.1. The molecule has 1 aliphatic rings. The molecule has 1 aromatic heterocycles. The fourth-order valence-electron chi connectivity index (χ4n) is 6.61. The number of carbonyl (C=O) groups excluding carboxylic acids is 1. The lowest BCUT2D eigenvalue weighted by molar-refractivity contribution is 0.0950. The summed E-state index contributed by atoms with van der Waals surface area (Å²) >= 11 is 6.35. The first-order chi connectivity index (χ1) is 29.8. The second kappa shape index (κ2) is 25.9. The number of aromatic nitrogens is 2. The van der Waals surface area contributed by atoms with E-state index in [-0.39, 0.29) is 23.7 Å². The Bertz CT molecular complexity index is 2180. The third kappa shape index (κ3) is 15.5. The number of fused-ring (bicyclic) bond motifs is 3. The van der Waals surface area contributed by atoms with E-state index in [1.165, 1.54) is 24.6 Å². The van der Waals surface area contributed by atoms with Crippen LogP contribution in [0.4, 0.5) is 20.4 Å². The molecule has 0 aliphatic carbocycles. The number of nitrogens with zero attached hydrogens (tertiary/aromatic N) is 4. The maximum absolute atomic E-state index is 14.9. The molecule has 11 heteroatoms. The summed E-state index contributed by atoms with van der Waals surface area (Å²) in [5.41, 5.74) is 3.53. The summed E-state index contributed by atoms with van der Waals surface area (Å²) < 4.78 is 29.8. The molecule has 3 N–H and O–H groups in total. The van der Waals surface area contributed by atoms with Gasteiger partial charge in [0.25, 0.3) is 5.91 Å².